The molecule has 0 radical (unpaired) electrons. The maximum absolute atomic E-state index is 12.9. The molecular formula is C20H24N2O5S. The number of anilines is 1. The molecule has 1 amide bonds. The van der Waals surface area contributed by atoms with Crippen molar-refractivity contribution in [2.45, 2.75) is 24.2 Å². The molecule has 1 N–H and O–H groups in total. The Labute approximate surface area is 165 Å². The van der Waals surface area contributed by atoms with Gasteiger partial charge in [0.15, 0.2) is 0 Å². The van der Waals surface area contributed by atoms with E-state index in [-0.39, 0.29) is 16.4 Å². The summed E-state index contributed by atoms with van der Waals surface area (Å²) in [4.78, 5) is 14.7. The monoisotopic (exact) mass is 404 g/mol. The fourth-order valence-electron chi connectivity index (χ4n) is 3.16. The molecule has 0 spiro atoms. The summed E-state index contributed by atoms with van der Waals surface area (Å²) >= 11 is 0. The Bertz CT molecular complexity index is 936. The summed E-state index contributed by atoms with van der Waals surface area (Å²) in [5.74, 6) is 0.777. The molecule has 0 aliphatic carbocycles. The van der Waals surface area contributed by atoms with Gasteiger partial charge in [-0.1, -0.05) is 0 Å². The van der Waals surface area contributed by atoms with E-state index < -0.39 is 10.0 Å². The van der Waals surface area contributed by atoms with Crippen LogP contribution < -0.4 is 14.2 Å². The SMILES string of the molecule is COc1ccc(NS(=O)(=O)c2ccc(OC)c(C(=O)N3CCCCC3)c2)cc1. The number of amides is 1. The van der Waals surface area contributed by atoms with Gasteiger partial charge in [-0.25, -0.2) is 8.42 Å². The molecule has 1 fully saturated rings. The van der Waals surface area contributed by atoms with Gasteiger partial charge < -0.3 is 14.4 Å². The first-order valence-corrected chi connectivity index (χ1v) is 10.6. The molecule has 28 heavy (non-hydrogen) atoms. The van der Waals surface area contributed by atoms with Gasteiger partial charge in [0, 0.05) is 18.8 Å². The second-order valence-corrected chi connectivity index (χ2v) is 8.23. The number of hydrogen-bond acceptors (Lipinski definition) is 5. The van der Waals surface area contributed by atoms with Crippen LogP contribution >= 0.6 is 0 Å². The fourth-order valence-corrected chi connectivity index (χ4v) is 4.25. The highest BCUT2D eigenvalue weighted by atomic mass is 32.2. The third-order valence-electron chi connectivity index (χ3n) is 4.70. The molecule has 1 aliphatic rings. The average molecular weight is 404 g/mol. The van der Waals surface area contributed by atoms with E-state index in [0.717, 1.165) is 19.3 Å². The number of hydrogen-bond donors (Lipinski definition) is 1. The number of carbonyl (C=O) groups excluding carboxylic acids is 1. The van der Waals surface area contributed by atoms with Crippen molar-refractivity contribution in [3.63, 3.8) is 0 Å². The number of sulfonamides is 1. The summed E-state index contributed by atoms with van der Waals surface area (Å²) in [6.45, 7) is 1.34. The van der Waals surface area contributed by atoms with Crippen LogP contribution in [0.25, 0.3) is 0 Å². The van der Waals surface area contributed by atoms with Gasteiger partial charge in [0.25, 0.3) is 15.9 Å². The number of benzene rings is 2. The highest BCUT2D eigenvalue weighted by Gasteiger charge is 2.24. The summed E-state index contributed by atoms with van der Waals surface area (Å²) in [5.41, 5.74) is 0.655. The van der Waals surface area contributed by atoms with Crippen LogP contribution in [-0.4, -0.2) is 46.5 Å². The van der Waals surface area contributed by atoms with E-state index in [1.165, 1.54) is 32.4 Å². The lowest BCUT2D eigenvalue weighted by atomic mass is 10.1. The Balaban J connectivity index is 1.89. The Hall–Kier alpha value is -2.74. The largest absolute Gasteiger partial charge is 0.497 e. The van der Waals surface area contributed by atoms with Crippen molar-refractivity contribution >= 4 is 21.6 Å². The molecule has 0 aromatic heterocycles. The normalized spacial score (nSPS) is 14.4. The lowest BCUT2D eigenvalue weighted by molar-refractivity contribution is 0.0720. The van der Waals surface area contributed by atoms with Crippen molar-refractivity contribution in [2.75, 3.05) is 32.0 Å². The van der Waals surface area contributed by atoms with Crippen molar-refractivity contribution in [3.05, 3.63) is 48.0 Å². The van der Waals surface area contributed by atoms with E-state index >= 15 is 0 Å². The average Bonchev–Trinajstić information content (AvgIpc) is 2.73. The lowest BCUT2D eigenvalue weighted by Gasteiger charge is -2.27. The van der Waals surface area contributed by atoms with E-state index in [2.05, 4.69) is 4.72 Å². The zero-order valence-corrected chi connectivity index (χ0v) is 16.8. The first kappa shape index (κ1) is 20.0. The summed E-state index contributed by atoms with van der Waals surface area (Å²) in [6, 6.07) is 10.9. The zero-order chi connectivity index (χ0) is 20.1. The van der Waals surface area contributed by atoms with Crippen LogP contribution in [0.4, 0.5) is 5.69 Å². The summed E-state index contributed by atoms with van der Waals surface area (Å²) in [7, 11) is -0.858. The molecule has 0 saturated carbocycles. The van der Waals surface area contributed by atoms with E-state index in [4.69, 9.17) is 9.47 Å². The quantitative estimate of drug-likeness (QED) is 0.800. The minimum atomic E-state index is -3.86. The van der Waals surface area contributed by atoms with Crippen LogP contribution in [0.1, 0.15) is 29.6 Å². The second-order valence-electron chi connectivity index (χ2n) is 6.55. The van der Waals surface area contributed by atoms with Gasteiger partial charge in [0.1, 0.15) is 11.5 Å². The van der Waals surface area contributed by atoms with E-state index in [9.17, 15) is 13.2 Å². The number of ether oxygens (including phenoxy) is 2. The van der Waals surface area contributed by atoms with Crippen LogP contribution in [0.15, 0.2) is 47.4 Å². The molecule has 2 aromatic carbocycles. The molecule has 1 heterocycles. The van der Waals surface area contributed by atoms with Crippen LogP contribution in [0, 0.1) is 0 Å². The molecule has 0 atom stereocenters. The predicted octanol–water partition coefficient (Wildman–Crippen LogP) is 3.13. The number of likely N-dealkylation sites (tertiary alicyclic amines) is 1. The first-order chi connectivity index (χ1) is 13.4. The molecular weight excluding hydrogens is 380 g/mol. The van der Waals surface area contributed by atoms with Crippen molar-refractivity contribution in [2.24, 2.45) is 0 Å². The topological polar surface area (TPSA) is 84.9 Å². The number of methoxy groups -OCH3 is 2. The van der Waals surface area contributed by atoms with Crippen molar-refractivity contribution < 1.29 is 22.7 Å². The van der Waals surface area contributed by atoms with Gasteiger partial charge >= 0.3 is 0 Å². The smallest absolute Gasteiger partial charge is 0.261 e. The standard InChI is InChI=1S/C20H24N2O5S/c1-26-16-8-6-15(7-9-16)21-28(24,25)17-10-11-19(27-2)18(14-17)20(23)22-12-4-3-5-13-22/h6-11,14,21H,3-5,12-13H2,1-2H3. The van der Waals surface area contributed by atoms with Crippen LogP contribution in [0.3, 0.4) is 0 Å². The summed E-state index contributed by atoms with van der Waals surface area (Å²) < 4.78 is 38.5. The second kappa shape index (κ2) is 8.52. The minimum Gasteiger partial charge on any atom is -0.497 e. The number of piperidine rings is 1. The Morgan fingerprint density at radius 2 is 1.64 bits per heavy atom. The van der Waals surface area contributed by atoms with Crippen molar-refractivity contribution in [3.8, 4) is 11.5 Å². The molecule has 1 saturated heterocycles. The Kier molecular flexibility index (Phi) is 6.08. The maximum atomic E-state index is 12.9. The van der Waals surface area contributed by atoms with Crippen LogP contribution in [-0.2, 0) is 10.0 Å². The third-order valence-corrected chi connectivity index (χ3v) is 6.08. The van der Waals surface area contributed by atoms with Gasteiger partial charge in [-0.05, 0) is 61.7 Å². The van der Waals surface area contributed by atoms with Gasteiger partial charge in [0.05, 0.1) is 24.7 Å². The number of rotatable bonds is 6. The van der Waals surface area contributed by atoms with Crippen molar-refractivity contribution in [1.82, 2.24) is 4.90 Å². The molecule has 150 valence electrons. The van der Waals surface area contributed by atoms with Crippen LogP contribution in [0.5, 0.6) is 11.5 Å². The first-order valence-electron chi connectivity index (χ1n) is 9.09. The van der Waals surface area contributed by atoms with E-state index in [1.54, 1.807) is 29.2 Å². The Morgan fingerprint density at radius 1 is 0.964 bits per heavy atom. The molecule has 7 nitrogen and oxygen atoms in total. The molecule has 2 aromatic rings. The van der Waals surface area contributed by atoms with Gasteiger partial charge in [-0.2, -0.15) is 0 Å². The number of nitrogens with zero attached hydrogens (tertiary/aromatic N) is 1. The molecule has 8 heteroatoms. The van der Waals surface area contributed by atoms with Crippen LogP contribution in [0.2, 0.25) is 0 Å². The number of nitrogens with one attached hydrogen (secondary N) is 1. The number of carbonyl (C=O) groups is 1. The highest BCUT2D eigenvalue weighted by molar-refractivity contribution is 7.92. The summed E-state index contributed by atoms with van der Waals surface area (Å²) in [5, 5.41) is 0. The Morgan fingerprint density at radius 3 is 2.25 bits per heavy atom. The molecule has 0 unspecified atom stereocenters. The third kappa shape index (κ3) is 4.39. The molecule has 1 aliphatic heterocycles. The van der Waals surface area contributed by atoms with E-state index in [1.807, 2.05) is 0 Å². The zero-order valence-electron chi connectivity index (χ0n) is 16.0. The summed E-state index contributed by atoms with van der Waals surface area (Å²) in [6.07, 6.45) is 3.00. The minimum absolute atomic E-state index is 0.00415. The fraction of sp³-hybridized carbons (Fsp3) is 0.350. The highest BCUT2D eigenvalue weighted by Crippen LogP contribution is 2.27. The van der Waals surface area contributed by atoms with Crippen molar-refractivity contribution in [1.29, 1.82) is 0 Å². The predicted molar refractivity (Wildman–Crippen MR) is 107 cm³/mol. The van der Waals surface area contributed by atoms with Gasteiger partial charge in [0.2, 0.25) is 0 Å². The van der Waals surface area contributed by atoms with Gasteiger partial charge in [-0.3, -0.25) is 9.52 Å². The molecule has 0 bridgehead atoms. The molecule has 3 rings (SSSR count). The van der Waals surface area contributed by atoms with Gasteiger partial charge in [-0.15, -0.1) is 0 Å². The van der Waals surface area contributed by atoms with E-state index in [0.29, 0.717) is 30.3 Å². The maximum Gasteiger partial charge on any atom is 0.261 e. The lowest BCUT2D eigenvalue weighted by Crippen LogP contribution is -2.35.